The van der Waals surface area contributed by atoms with Gasteiger partial charge in [0.1, 0.15) is 17.2 Å². The number of alkyl carbamates (subject to hydrolysis) is 1. The molecular formula is C32H42F5N5O6. The molecule has 16 heteroatoms. The highest BCUT2D eigenvalue weighted by atomic mass is 19.4. The molecule has 3 heterocycles. The van der Waals surface area contributed by atoms with E-state index in [9.17, 15) is 36.3 Å². The number of fused-ring (bicyclic) bond motifs is 1. The van der Waals surface area contributed by atoms with Gasteiger partial charge in [0.2, 0.25) is 11.7 Å². The summed E-state index contributed by atoms with van der Waals surface area (Å²) in [5, 5.41) is 2.56. The Hall–Kier alpha value is -3.79. The van der Waals surface area contributed by atoms with E-state index in [1.165, 1.54) is 17.9 Å². The van der Waals surface area contributed by atoms with Crippen molar-refractivity contribution in [1.29, 1.82) is 0 Å². The second kappa shape index (κ2) is 15.6. The summed E-state index contributed by atoms with van der Waals surface area (Å²) in [5.74, 6) is -4.50. The Labute approximate surface area is 275 Å². The number of esters is 1. The fourth-order valence-electron chi connectivity index (χ4n) is 5.58. The fraction of sp³-hybridized carbons (Fsp3) is 0.625. The van der Waals surface area contributed by atoms with Gasteiger partial charge in [-0.25, -0.2) is 23.4 Å². The molecule has 2 aliphatic rings. The molecule has 1 fully saturated rings. The molecular weight excluding hydrogens is 645 g/mol. The molecule has 0 spiro atoms. The van der Waals surface area contributed by atoms with Gasteiger partial charge in [-0.1, -0.05) is 6.07 Å². The van der Waals surface area contributed by atoms with Crippen molar-refractivity contribution in [3.05, 3.63) is 52.1 Å². The average Bonchev–Trinajstić information content (AvgIpc) is 3.39. The number of aromatic nitrogens is 2. The van der Waals surface area contributed by atoms with Gasteiger partial charge in [0.25, 0.3) is 0 Å². The summed E-state index contributed by atoms with van der Waals surface area (Å²) in [7, 11) is 0. The number of imidazole rings is 1. The van der Waals surface area contributed by atoms with E-state index in [0.29, 0.717) is 32.1 Å². The van der Waals surface area contributed by atoms with Crippen LogP contribution in [0.1, 0.15) is 73.2 Å². The molecule has 2 aromatic rings. The van der Waals surface area contributed by atoms with Gasteiger partial charge in [-0.05, 0) is 64.6 Å². The summed E-state index contributed by atoms with van der Waals surface area (Å²) < 4.78 is 87.1. The largest absolute Gasteiger partial charge is 0.461 e. The van der Waals surface area contributed by atoms with Crippen molar-refractivity contribution >= 4 is 18.0 Å². The number of aryl methyl sites for hydroxylation is 1. The summed E-state index contributed by atoms with van der Waals surface area (Å²) in [6.07, 6.45) is -5.12. The van der Waals surface area contributed by atoms with E-state index in [1.54, 1.807) is 20.8 Å². The van der Waals surface area contributed by atoms with Gasteiger partial charge < -0.3 is 29.0 Å². The SMILES string of the molecule is Cc1cc(CC(CC(=O)N2CCn3c(C(F)(F)F)nc(C(=O)OCCCCN4CCOCC4)c3C2)NC(=O)OC(C)(C)C)c(F)cc1F. The summed E-state index contributed by atoms with van der Waals surface area (Å²) in [6.45, 7) is 9.17. The average molecular weight is 688 g/mol. The van der Waals surface area contributed by atoms with E-state index in [-0.39, 0.29) is 49.5 Å². The lowest BCUT2D eigenvalue weighted by Crippen LogP contribution is -2.45. The Morgan fingerprint density at radius 1 is 1.02 bits per heavy atom. The predicted octanol–water partition coefficient (Wildman–Crippen LogP) is 4.63. The zero-order chi connectivity index (χ0) is 35.2. The highest BCUT2D eigenvalue weighted by Gasteiger charge is 2.42. The molecule has 0 bridgehead atoms. The minimum Gasteiger partial charge on any atom is -0.461 e. The number of amides is 2. The van der Waals surface area contributed by atoms with E-state index in [0.717, 1.165) is 24.2 Å². The normalized spacial score (nSPS) is 16.3. The maximum Gasteiger partial charge on any atom is 0.449 e. The quantitative estimate of drug-likeness (QED) is 0.207. The zero-order valence-corrected chi connectivity index (χ0v) is 27.6. The van der Waals surface area contributed by atoms with Crippen molar-refractivity contribution in [3.8, 4) is 0 Å². The molecule has 1 aromatic carbocycles. The number of halogens is 5. The number of rotatable bonds is 11. The Kier molecular flexibility index (Phi) is 12.1. The second-order valence-electron chi connectivity index (χ2n) is 12.9. The van der Waals surface area contributed by atoms with Crippen LogP contribution in [-0.2, 0) is 44.7 Å². The van der Waals surface area contributed by atoms with Gasteiger partial charge >= 0.3 is 18.2 Å². The minimum absolute atomic E-state index is 0.0170. The van der Waals surface area contributed by atoms with Crippen LogP contribution in [0.2, 0.25) is 0 Å². The number of carbonyl (C=O) groups is 3. The molecule has 0 saturated carbocycles. The monoisotopic (exact) mass is 687 g/mol. The highest BCUT2D eigenvalue weighted by Crippen LogP contribution is 2.33. The van der Waals surface area contributed by atoms with Crippen LogP contribution < -0.4 is 5.32 Å². The van der Waals surface area contributed by atoms with Gasteiger partial charge in [0, 0.05) is 44.7 Å². The fourth-order valence-corrected chi connectivity index (χ4v) is 5.58. The Morgan fingerprint density at radius 2 is 1.73 bits per heavy atom. The van der Waals surface area contributed by atoms with E-state index in [2.05, 4.69) is 15.2 Å². The molecule has 4 rings (SSSR count). The molecule has 1 saturated heterocycles. The Balaban J connectivity index is 1.47. The van der Waals surface area contributed by atoms with Crippen LogP contribution in [0, 0.1) is 18.6 Å². The van der Waals surface area contributed by atoms with Gasteiger partial charge in [-0.3, -0.25) is 9.69 Å². The summed E-state index contributed by atoms with van der Waals surface area (Å²) >= 11 is 0. The lowest BCUT2D eigenvalue weighted by molar-refractivity contribution is -0.148. The van der Waals surface area contributed by atoms with Crippen LogP contribution in [0.3, 0.4) is 0 Å². The number of unbranched alkanes of at least 4 members (excludes halogenated alkanes) is 1. The minimum atomic E-state index is -4.86. The maximum atomic E-state index is 14.7. The first-order chi connectivity index (χ1) is 22.5. The van der Waals surface area contributed by atoms with Crippen molar-refractivity contribution in [2.24, 2.45) is 0 Å². The molecule has 1 unspecified atom stereocenters. The molecule has 266 valence electrons. The summed E-state index contributed by atoms with van der Waals surface area (Å²) in [4.78, 5) is 46.2. The van der Waals surface area contributed by atoms with E-state index in [1.807, 2.05) is 0 Å². The molecule has 0 aliphatic carbocycles. The number of hydrogen-bond donors (Lipinski definition) is 1. The number of hydrogen-bond acceptors (Lipinski definition) is 8. The van der Waals surface area contributed by atoms with Crippen LogP contribution in [0.15, 0.2) is 12.1 Å². The maximum absolute atomic E-state index is 14.7. The number of alkyl halides is 3. The first-order valence-electron chi connectivity index (χ1n) is 15.9. The number of nitrogens with zero attached hydrogens (tertiary/aromatic N) is 4. The summed E-state index contributed by atoms with van der Waals surface area (Å²) in [5.41, 5.74) is -1.33. The zero-order valence-electron chi connectivity index (χ0n) is 27.6. The van der Waals surface area contributed by atoms with E-state index >= 15 is 0 Å². The molecule has 0 radical (unpaired) electrons. The van der Waals surface area contributed by atoms with Gasteiger partial charge in [0.15, 0.2) is 5.69 Å². The van der Waals surface area contributed by atoms with Crippen molar-refractivity contribution in [2.45, 2.75) is 84.3 Å². The van der Waals surface area contributed by atoms with E-state index < -0.39 is 65.4 Å². The standard InChI is InChI=1S/C32H42F5N5O6/c1-20-15-21(24(34)18-23(20)33)16-22(38-30(45)48-31(2,3)4)17-26(43)41-8-9-42-25(19-41)27(39-29(42)32(35,36)37)28(44)47-12-6-5-7-40-10-13-46-14-11-40/h15,18,22H,5-14,16-17,19H2,1-4H3,(H,38,45). The van der Waals surface area contributed by atoms with Crippen molar-refractivity contribution < 1.29 is 50.5 Å². The molecule has 11 nitrogen and oxygen atoms in total. The van der Waals surface area contributed by atoms with Crippen molar-refractivity contribution in [1.82, 2.24) is 24.7 Å². The van der Waals surface area contributed by atoms with Crippen LogP contribution in [-0.4, -0.2) is 95.0 Å². The first-order valence-corrected chi connectivity index (χ1v) is 15.9. The third kappa shape index (κ3) is 10.1. The number of morpholine rings is 1. The lowest BCUT2D eigenvalue weighted by atomic mass is 10.00. The molecule has 48 heavy (non-hydrogen) atoms. The van der Waals surface area contributed by atoms with Gasteiger partial charge in [0.05, 0.1) is 32.1 Å². The third-order valence-corrected chi connectivity index (χ3v) is 7.95. The number of benzene rings is 1. The van der Waals surface area contributed by atoms with Gasteiger partial charge in [-0.2, -0.15) is 13.2 Å². The highest BCUT2D eigenvalue weighted by molar-refractivity contribution is 5.89. The molecule has 2 amide bonds. The molecule has 2 aliphatic heterocycles. The molecule has 1 N–H and O–H groups in total. The lowest BCUT2D eigenvalue weighted by Gasteiger charge is -2.31. The van der Waals surface area contributed by atoms with Gasteiger partial charge in [-0.15, -0.1) is 0 Å². The van der Waals surface area contributed by atoms with Crippen LogP contribution in [0.5, 0.6) is 0 Å². The second-order valence-corrected chi connectivity index (χ2v) is 12.9. The summed E-state index contributed by atoms with van der Waals surface area (Å²) in [6, 6.07) is 0.967. The Bertz CT molecular complexity index is 1470. The predicted molar refractivity (Wildman–Crippen MR) is 162 cm³/mol. The number of ether oxygens (including phenoxy) is 3. The Morgan fingerprint density at radius 3 is 2.40 bits per heavy atom. The van der Waals surface area contributed by atoms with Crippen LogP contribution in [0.25, 0.3) is 0 Å². The number of carbonyl (C=O) groups excluding carboxylic acids is 3. The molecule has 1 atom stereocenters. The smallest absolute Gasteiger partial charge is 0.449 e. The van der Waals surface area contributed by atoms with Crippen molar-refractivity contribution in [2.75, 3.05) is 46.0 Å². The van der Waals surface area contributed by atoms with Crippen LogP contribution in [0.4, 0.5) is 26.7 Å². The van der Waals surface area contributed by atoms with E-state index in [4.69, 9.17) is 14.2 Å². The first kappa shape index (κ1) is 37.0. The molecule has 1 aromatic heterocycles. The van der Waals surface area contributed by atoms with Crippen LogP contribution >= 0.6 is 0 Å². The number of nitrogens with one attached hydrogen (secondary N) is 1. The topological polar surface area (TPSA) is 115 Å². The van der Waals surface area contributed by atoms with Crippen molar-refractivity contribution in [3.63, 3.8) is 0 Å². The third-order valence-electron chi connectivity index (χ3n) is 7.95.